The summed E-state index contributed by atoms with van der Waals surface area (Å²) in [7, 11) is -0.873. The van der Waals surface area contributed by atoms with Crippen molar-refractivity contribution in [3.05, 3.63) is 0 Å². The predicted molar refractivity (Wildman–Crippen MR) is 76.4 cm³/mol. The van der Waals surface area contributed by atoms with Crippen LogP contribution in [0.15, 0.2) is 0 Å². The van der Waals surface area contributed by atoms with Crippen LogP contribution in [0.4, 0.5) is 0 Å². The van der Waals surface area contributed by atoms with Gasteiger partial charge >= 0.3 is 0 Å². The van der Waals surface area contributed by atoms with Crippen LogP contribution in [0.5, 0.6) is 0 Å². The molecule has 4 nitrogen and oxygen atoms in total. The maximum absolute atomic E-state index is 11.3. The van der Waals surface area contributed by atoms with Crippen LogP contribution < -0.4 is 5.73 Å². The number of hydrogen-bond acceptors (Lipinski definition) is 4. The molecule has 1 fully saturated rings. The molecule has 2 N–H and O–H groups in total. The second-order valence-electron chi connectivity index (χ2n) is 5.83. The lowest BCUT2D eigenvalue weighted by molar-refractivity contribution is 0.0692. The fourth-order valence-corrected chi connectivity index (χ4v) is 3.51. The molecule has 1 aliphatic carbocycles. The van der Waals surface area contributed by atoms with Gasteiger partial charge in [0.2, 0.25) is 0 Å². The predicted octanol–water partition coefficient (Wildman–Crippen LogP) is 1.26. The number of hydrogen-bond donors (Lipinski definition) is 1. The molecule has 0 heterocycles. The van der Waals surface area contributed by atoms with Gasteiger partial charge in [0.15, 0.2) is 0 Å². The number of sulfone groups is 1. The highest BCUT2D eigenvalue weighted by atomic mass is 32.2. The van der Waals surface area contributed by atoms with Crippen LogP contribution in [0.25, 0.3) is 0 Å². The maximum atomic E-state index is 11.3. The Morgan fingerprint density at radius 2 is 1.89 bits per heavy atom. The van der Waals surface area contributed by atoms with Gasteiger partial charge in [-0.2, -0.15) is 0 Å². The SMILES string of the molecule is CCC1CCC(CN)(N(C)CCS(C)(=O)=O)CC1. The molecule has 0 aromatic carbocycles. The summed E-state index contributed by atoms with van der Waals surface area (Å²) >= 11 is 0. The first kappa shape index (κ1) is 15.9. The molecule has 0 saturated heterocycles. The van der Waals surface area contributed by atoms with E-state index < -0.39 is 9.84 Å². The molecular weight excluding hydrogens is 248 g/mol. The summed E-state index contributed by atoms with van der Waals surface area (Å²) in [4.78, 5) is 2.18. The van der Waals surface area contributed by atoms with E-state index in [9.17, 15) is 8.42 Å². The Hall–Kier alpha value is -0.130. The lowest BCUT2D eigenvalue weighted by Gasteiger charge is -2.46. The van der Waals surface area contributed by atoms with Crippen molar-refractivity contribution in [3.8, 4) is 0 Å². The molecule has 1 rings (SSSR count). The van der Waals surface area contributed by atoms with Crippen LogP contribution in [-0.2, 0) is 9.84 Å². The highest BCUT2D eigenvalue weighted by Crippen LogP contribution is 2.36. The van der Waals surface area contributed by atoms with E-state index in [4.69, 9.17) is 5.73 Å². The van der Waals surface area contributed by atoms with Crippen molar-refractivity contribution in [1.29, 1.82) is 0 Å². The van der Waals surface area contributed by atoms with Gasteiger partial charge in [0.1, 0.15) is 9.84 Å². The van der Waals surface area contributed by atoms with E-state index in [0.717, 1.165) is 18.8 Å². The summed E-state index contributed by atoms with van der Waals surface area (Å²) in [6.45, 7) is 3.46. The van der Waals surface area contributed by atoms with Gasteiger partial charge in [-0.25, -0.2) is 8.42 Å². The summed E-state index contributed by atoms with van der Waals surface area (Å²) < 4.78 is 22.5. The fourth-order valence-electron chi connectivity index (χ4n) is 2.90. The standard InChI is InChI=1S/C13H28N2O2S/c1-4-12-5-7-13(11-14,8-6-12)15(2)9-10-18(3,16)17/h12H,4-11,14H2,1-3H3. The minimum Gasteiger partial charge on any atom is -0.329 e. The zero-order valence-electron chi connectivity index (χ0n) is 12.0. The first-order valence-corrected chi connectivity index (χ1v) is 8.98. The zero-order valence-corrected chi connectivity index (χ0v) is 12.8. The molecule has 108 valence electrons. The number of likely N-dealkylation sites (N-methyl/N-ethyl adjacent to an activating group) is 1. The van der Waals surface area contributed by atoms with Crippen LogP contribution in [-0.4, -0.2) is 51.0 Å². The van der Waals surface area contributed by atoms with Crippen LogP contribution >= 0.6 is 0 Å². The first-order chi connectivity index (χ1) is 8.33. The van der Waals surface area contributed by atoms with Crippen molar-refractivity contribution in [3.63, 3.8) is 0 Å². The smallest absolute Gasteiger partial charge is 0.148 e. The number of nitrogens with zero attached hydrogens (tertiary/aromatic N) is 1. The lowest BCUT2D eigenvalue weighted by atomic mass is 9.75. The molecule has 0 bridgehead atoms. The van der Waals surface area contributed by atoms with Crippen molar-refractivity contribution in [2.75, 3.05) is 32.1 Å². The van der Waals surface area contributed by atoms with Gasteiger partial charge in [-0.15, -0.1) is 0 Å². The van der Waals surface area contributed by atoms with Gasteiger partial charge < -0.3 is 5.73 Å². The Kier molecular flexibility index (Phi) is 5.62. The summed E-state index contributed by atoms with van der Waals surface area (Å²) in [6.07, 6.45) is 7.18. The Morgan fingerprint density at radius 3 is 2.28 bits per heavy atom. The summed E-state index contributed by atoms with van der Waals surface area (Å²) in [6, 6.07) is 0. The van der Waals surface area contributed by atoms with Crippen molar-refractivity contribution >= 4 is 9.84 Å². The number of nitrogens with two attached hydrogens (primary N) is 1. The molecule has 0 radical (unpaired) electrons. The summed E-state index contributed by atoms with van der Waals surface area (Å²) in [5, 5.41) is 0. The van der Waals surface area contributed by atoms with Crippen molar-refractivity contribution < 1.29 is 8.42 Å². The van der Waals surface area contributed by atoms with Crippen LogP contribution in [0.2, 0.25) is 0 Å². The van der Waals surface area contributed by atoms with Gasteiger partial charge in [-0.1, -0.05) is 13.3 Å². The normalized spacial score (nSPS) is 29.7. The van der Waals surface area contributed by atoms with Gasteiger partial charge in [0.05, 0.1) is 5.75 Å². The molecule has 5 heteroatoms. The van der Waals surface area contributed by atoms with Crippen LogP contribution in [0.1, 0.15) is 39.0 Å². The van der Waals surface area contributed by atoms with E-state index in [2.05, 4.69) is 11.8 Å². The van der Waals surface area contributed by atoms with E-state index in [1.807, 2.05) is 7.05 Å². The van der Waals surface area contributed by atoms with Gasteiger partial charge in [0.25, 0.3) is 0 Å². The second-order valence-corrected chi connectivity index (χ2v) is 8.09. The van der Waals surface area contributed by atoms with Gasteiger partial charge in [0, 0.05) is 24.9 Å². The monoisotopic (exact) mass is 276 g/mol. The molecule has 0 aromatic heterocycles. The van der Waals surface area contributed by atoms with E-state index in [1.165, 1.54) is 25.5 Å². The van der Waals surface area contributed by atoms with E-state index in [1.54, 1.807) is 0 Å². The van der Waals surface area contributed by atoms with Crippen molar-refractivity contribution in [1.82, 2.24) is 4.90 Å². The third kappa shape index (κ3) is 4.21. The molecule has 0 spiro atoms. The summed E-state index contributed by atoms with van der Waals surface area (Å²) in [5.74, 6) is 1.05. The molecule has 1 aliphatic rings. The minimum atomic E-state index is -2.89. The van der Waals surface area contributed by atoms with Gasteiger partial charge in [-0.3, -0.25) is 4.90 Å². The van der Waals surface area contributed by atoms with Gasteiger partial charge in [-0.05, 0) is 38.6 Å². The first-order valence-electron chi connectivity index (χ1n) is 6.92. The Labute approximate surface area is 112 Å². The molecule has 0 aromatic rings. The van der Waals surface area contributed by atoms with E-state index >= 15 is 0 Å². The Morgan fingerprint density at radius 1 is 1.33 bits per heavy atom. The molecule has 0 aliphatic heterocycles. The Balaban J connectivity index is 2.59. The molecular formula is C13H28N2O2S. The highest BCUT2D eigenvalue weighted by molar-refractivity contribution is 7.90. The molecule has 0 amide bonds. The Bertz CT molecular complexity index is 346. The average molecular weight is 276 g/mol. The topological polar surface area (TPSA) is 63.4 Å². The maximum Gasteiger partial charge on any atom is 0.148 e. The molecule has 0 atom stereocenters. The van der Waals surface area contributed by atoms with Crippen LogP contribution in [0.3, 0.4) is 0 Å². The van der Waals surface area contributed by atoms with E-state index in [-0.39, 0.29) is 11.3 Å². The van der Waals surface area contributed by atoms with E-state index in [0.29, 0.717) is 13.1 Å². The highest BCUT2D eigenvalue weighted by Gasteiger charge is 2.37. The number of rotatable bonds is 6. The van der Waals surface area contributed by atoms with Crippen LogP contribution in [0, 0.1) is 5.92 Å². The zero-order chi connectivity index (χ0) is 13.8. The fraction of sp³-hybridized carbons (Fsp3) is 1.00. The molecule has 1 saturated carbocycles. The molecule has 18 heavy (non-hydrogen) atoms. The largest absolute Gasteiger partial charge is 0.329 e. The third-order valence-corrected chi connectivity index (χ3v) is 5.52. The minimum absolute atomic E-state index is 0.0242. The van der Waals surface area contributed by atoms with Crippen molar-refractivity contribution in [2.24, 2.45) is 11.7 Å². The molecule has 0 unspecified atom stereocenters. The quantitative estimate of drug-likeness (QED) is 0.793. The van der Waals surface area contributed by atoms with Crippen molar-refractivity contribution in [2.45, 2.75) is 44.6 Å². The average Bonchev–Trinajstić information content (AvgIpc) is 2.35. The lowest BCUT2D eigenvalue weighted by Crippen LogP contribution is -2.55. The second kappa shape index (κ2) is 6.35. The third-order valence-electron chi connectivity index (χ3n) is 4.60. The summed E-state index contributed by atoms with van der Waals surface area (Å²) in [5.41, 5.74) is 6.00.